The number of carbonyl (C=O) groups is 3. The van der Waals surface area contributed by atoms with Crippen molar-refractivity contribution in [1.82, 2.24) is 15.5 Å². The number of aliphatic hydroxyl groups is 1. The molecule has 6 atom stereocenters. The van der Waals surface area contributed by atoms with E-state index in [2.05, 4.69) is 31.4 Å². The summed E-state index contributed by atoms with van der Waals surface area (Å²) in [4.78, 5) is 43.8. The first-order valence-corrected chi connectivity index (χ1v) is 14.5. The van der Waals surface area contributed by atoms with Crippen molar-refractivity contribution in [3.8, 4) is 0 Å². The van der Waals surface area contributed by atoms with Crippen molar-refractivity contribution in [3.63, 3.8) is 0 Å². The first kappa shape index (κ1) is 29.5. The van der Waals surface area contributed by atoms with Crippen LogP contribution >= 0.6 is 0 Å². The quantitative estimate of drug-likeness (QED) is 0.420. The van der Waals surface area contributed by atoms with Crippen LogP contribution in [0, 0.1) is 17.3 Å². The highest BCUT2D eigenvalue weighted by Crippen LogP contribution is 2.64. The summed E-state index contributed by atoms with van der Waals surface area (Å²) in [5.41, 5.74) is -1.47. The lowest BCUT2D eigenvalue weighted by atomic mass is 9.65. The van der Waals surface area contributed by atoms with Crippen molar-refractivity contribution < 1.29 is 24.2 Å². The lowest BCUT2D eigenvalue weighted by Gasteiger charge is -2.40. The van der Waals surface area contributed by atoms with Crippen molar-refractivity contribution >= 4 is 17.7 Å². The van der Waals surface area contributed by atoms with Crippen molar-refractivity contribution in [3.05, 3.63) is 35.9 Å². The summed E-state index contributed by atoms with van der Waals surface area (Å²) in [6, 6.07) is 8.23. The third-order valence-corrected chi connectivity index (χ3v) is 8.97. The maximum absolute atomic E-state index is 14.3. The predicted octanol–water partition coefficient (Wildman–Crippen LogP) is 3.56. The highest BCUT2D eigenvalue weighted by molar-refractivity contribution is 5.99. The average molecular weight is 542 g/mol. The van der Waals surface area contributed by atoms with Crippen LogP contribution in [0.5, 0.6) is 0 Å². The predicted molar refractivity (Wildman–Crippen MR) is 149 cm³/mol. The number of ether oxygens (including phenoxy) is 1. The lowest BCUT2D eigenvalue weighted by Crippen LogP contribution is -2.61. The van der Waals surface area contributed by atoms with E-state index >= 15 is 0 Å². The molecule has 0 aromatic heterocycles. The molecule has 4 rings (SSSR count). The Hall–Kier alpha value is -2.45. The van der Waals surface area contributed by atoms with Crippen LogP contribution in [0.15, 0.2) is 30.3 Å². The second kappa shape index (κ2) is 10.5. The molecule has 3 aliphatic rings. The van der Waals surface area contributed by atoms with Gasteiger partial charge in [0.2, 0.25) is 17.7 Å². The van der Waals surface area contributed by atoms with E-state index in [0.717, 1.165) is 12.0 Å². The number of benzene rings is 1. The monoisotopic (exact) mass is 541 g/mol. The zero-order valence-corrected chi connectivity index (χ0v) is 24.7. The molecule has 0 saturated carbocycles. The van der Waals surface area contributed by atoms with Gasteiger partial charge in [-0.2, -0.15) is 0 Å². The van der Waals surface area contributed by atoms with E-state index in [0.29, 0.717) is 32.2 Å². The fraction of sp³-hybridized carbons (Fsp3) is 0.710. The molecule has 0 aliphatic carbocycles. The van der Waals surface area contributed by atoms with Gasteiger partial charge in [-0.05, 0) is 56.9 Å². The van der Waals surface area contributed by atoms with Crippen molar-refractivity contribution in [2.45, 2.75) is 116 Å². The molecule has 8 nitrogen and oxygen atoms in total. The Morgan fingerprint density at radius 3 is 2.33 bits per heavy atom. The SMILES string of the molecule is CC[C@@H](CO)N1C(=O)[C@@H]2[C@H](C(=O)NCc3ccccc3)[C@]3(CC)CCC2(O3)C1C(=O)NC(C)(C)CC(C)(C)C. The number of fused-ring (bicyclic) bond motifs is 1. The van der Waals surface area contributed by atoms with Gasteiger partial charge in [-0.3, -0.25) is 14.4 Å². The molecule has 1 aromatic rings. The smallest absolute Gasteiger partial charge is 0.246 e. The van der Waals surface area contributed by atoms with E-state index in [1.807, 2.05) is 58.0 Å². The zero-order chi connectivity index (χ0) is 28.8. The largest absolute Gasteiger partial charge is 0.394 e. The number of rotatable bonds is 10. The fourth-order valence-corrected chi connectivity index (χ4v) is 7.83. The molecule has 216 valence electrons. The van der Waals surface area contributed by atoms with Gasteiger partial charge in [0.25, 0.3) is 0 Å². The molecular formula is C31H47N3O5. The molecule has 3 fully saturated rings. The van der Waals surface area contributed by atoms with Gasteiger partial charge in [-0.25, -0.2) is 0 Å². The number of amides is 3. The Morgan fingerprint density at radius 2 is 1.77 bits per heavy atom. The first-order valence-electron chi connectivity index (χ1n) is 14.5. The van der Waals surface area contributed by atoms with Gasteiger partial charge in [0.15, 0.2) is 0 Å². The van der Waals surface area contributed by atoms with Gasteiger partial charge in [0.1, 0.15) is 11.6 Å². The number of carbonyl (C=O) groups excluding carboxylic acids is 3. The van der Waals surface area contributed by atoms with Crippen LogP contribution < -0.4 is 10.6 Å². The third kappa shape index (κ3) is 5.22. The van der Waals surface area contributed by atoms with Gasteiger partial charge in [-0.15, -0.1) is 0 Å². The summed E-state index contributed by atoms with van der Waals surface area (Å²) in [6.07, 6.45) is 2.93. The Balaban J connectivity index is 1.71. The molecule has 3 N–H and O–H groups in total. The standard InChI is InChI=1S/C31H47N3O5/c1-8-21(18-35)34-24(26(37)33-29(6,7)19-28(3,4)5)31-16-15-30(9-2,39-31)22(23(31)27(34)38)25(36)32-17-20-13-11-10-12-14-20/h10-14,21-24,35H,8-9,15-19H2,1-7H3,(H,32,36)(H,33,37)/t21-,22+,23-,24?,30-,31?/m0/s1. The van der Waals surface area contributed by atoms with E-state index < -0.39 is 40.7 Å². The van der Waals surface area contributed by atoms with Crippen molar-refractivity contribution in [2.24, 2.45) is 17.3 Å². The topological polar surface area (TPSA) is 108 Å². The van der Waals surface area contributed by atoms with Crippen LogP contribution in [0.25, 0.3) is 0 Å². The molecule has 8 heteroatoms. The van der Waals surface area contributed by atoms with Gasteiger partial charge in [0.05, 0.1) is 30.1 Å². The summed E-state index contributed by atoms with van der Waals surface area (Å²) in [7, 11) is 0. The molecule has 1 aromatic carbocycles. The van der Waals surface area contributed by atoms with Crippen LogP contribution in [0.2, 0.25) is 0 Å². The summed E-state index contributed by atoms with van der Waals surface area (Å²) in [5.74, 6) is -2.23. The van der Waals surface area contributed by atoms with E-state index in [1.54, 1.807) is 4.90 Å². The van der Waals surface area contributed by atoms with Crippen LogP contribution in [-0.2, 0) is 25.7 Å². The molecule has 3 heterocycles. The van der Waals surface area contributed by atoms with Crippen LogP contribution in [0.3, 0.4) is 0 Å². The molecule has 39 heavy (non-hydrogen) atoms. The Kier molecular flexibility index (Phi) is 7.96. The summed E-state index contributed by atoms with van der Waals surface area (Å²) in [5, 5.41) is 16.5. The highest BCUT2D eigenvalue weighted by atomic mass is 16.5. The summed E-state index contributed by atoms with van der Waals surface area (Å²) < 4.78 is 6.83. The zero-order valence-electron chi connectivity index (χ0n) is 24.7. The van der Waals surface area contributed by atoms with Gasteiger partial charge in [0, 0.05) is 12.1 Å². The normalized spacial score (nSPS) is 30.8. The minimum atomic E-state index is -1.10. The minimum Gasteiger partial charge on any atom is -0.394 e. The molecule has 3 amide bonds. The second-order valence-corrected chi connectivity index (χ2v) is 13.6. The number of likely N-dealkylation sites (tertiary alicyclic amines) is 1. The molecule has 1 spiro atoms. The second-order valence-electron chi connectivity index (χ2n) is 13.6. The number of hydrogen-bond acceptors (Lipinski definition) is 5. The summed E-state index contributed by atoms with van der Waals surface area (Å²) in [6.45, 7) is 14.4. The Morgan fingerprint density at radius 1 is 1.10 bits per heavy atom. The number of hydrogen-bond donors (Lipinski definition) is 3. The van der Waals surface area contributed by atoms with Gasteiger partial charge in [-0.1, -0.05) is 65.0 Å². The minimum absolute atomic E-state index is 0.0175. The van der Waals surface area contributed by atoms with E-state index in [9.17, 15) is 19.5 Å². The molecule has 2 unspecified atom stereocenters. The number of nitrogens with one attached hydrogen (secondary N) is 2. The number of nitrogens with zero attached hydrogens (tertiary/aromatic N) is 1. The maximum atomic E-state index is 14.3. The summed E-state index contributed by atoms with van der Waals surface area (Å²) >= 11 is 0. The Bertz CT molecular complexity index is 1080. The van der Waals surface area contributed by atoms with E-state index in [-0.39, 0.29) is 29.7 Å². The molecule has 0 radical (unpaired) electrons. The van der Waals surface area contributed by atoms with Gasteiger partial charge < -0.3 is 25.4 Å². The first-order chi connectivity index (χ1) is 18.2. The van der Waals surface area contributed by atoms with E-state index in [1.165, 1.54) is 0 Å². The Labute approximate surface area is 233 Å². The highest BCUT2D eigenvalue weighted by Gasteiger charge is 2.79. The van der Waals surface area contributed by atoms with Gasteiger partial charge >= 0.3 is 0 Å². The van der Waals surface area contributed by atoms with E-state index in [4.69, 9.17) is 4.74 Å². The molecule has 2 bridgehead atoms. The average Bonchev–Trinajstić information content (AvgIpc) is 3.46. The van der Waals surface area contributed by atoms with Crippen molar-refractivity contribution in [1.29, 1.82) is 0 Å². The number of aliphatic hydroxyl groups excluding tert-OH is 1. The van der Waals surface area contributed by atoms with Crippen LogP contribution in [0.1, 0.15) is 86.1 Å². The lowest BCUT2D eigenvalue weighted by molar-refractivity contribution is -0.152. The van der Waals surface area contributed by atoms with Crippen LogP contribution in [-0.4, -0.2) is 63.2 Å². The molecule has 3 aliphatic heterocycles. The van der Waals surface area contributed by atoms with Crippen molar-refractivity contribution in [2.75, 3.05) is 6.61 Å². The van der Waals surface area contributed by atoms with Crippen LogP contribution in [0.4, 0.5) is 0 Å². The molecular weight excluding hydrogens is 494 g/mol. The fourth-order valence-electron chi connectivity index (χ4n) is 7.83. The molecule has 3 saturated heterocycles. The third-order valence-electron chi connectivity index (χ3n) is 8.97. The maximum Gasteiger partial charge on any atom is 0.246 e.